The van der Waals surface area contributed by atoms with Crippen molar-refractivity contribution in [2.24, 2.45) is 0 Å². The first-order valence-corrected chi connectivity index (χ1v) is 9.11. The highest BCUT2D eigenvalue weighted by molar-refractivity contribution is 7.99. The van der Waals surface area contributed by atoms with E-state index in [9.17, 15) is 4.79 Å². The van der Waals surface area contributed by atoms with Crippen LogP contribution < -0.4 is 10.1 Å². The van der Waals surface area contributed by atoms with Crippen molar-refractivity contribution in [3.05, 3.63) is 66.4 Å². The minimum absolute atomic E-state index is 0.133. The molecule has 0 radical (unpaired) electrons. The number of carbonyl (C=O) groups is 1. The van der Waals surface area contributed by atoms with Gasteiger partial charge in [0, 0.05) is 11.3 Å². The Bertz CT molecular complexity index is 901. The topological polar surface area (TPSA) is 64.1 Å². The van der Waals surface area contributed by atoms with Crippen molar-refractivity contribution in [1.82, 2.24) is 9.97 Å². The van der Waals surface area contributed by atoms with Gasteiger partial charge >= 0.3 is 0 Å². The number of benzene rings is 2. The lowest BCUT2D eigenvalue weighted by atomic mass is 10.1. The van der Waals surface area contributed by atoms with E-state index in [1.807, 2.05) is 55.5 Å². The van der Waals surface area contributed by atoms with Crippen molar-refractivity contribution in [2.45, 2.75) is 12.1 Å². The third-order valence-electron chi connectivity index (χ3n) is 3.62. The van der Waals surface area contributed by atoms with Gasteiger partial charge in [0.2, 0.25) is 5.91 Å². The maximum absolute atomic E-state index is 12.3. The monoisotopic (exact) mass is 365 g/mol. The molecule has 0 atom stereocenters. The number of anilines is 1. The number of aryl methyl sites for hydroxylation is 1. The molecule has 3 rings (SSSR count). The largest absolute Gasteiger partial charge is 0.495 e. The van der Waals surface area contributed by atoms with Crippen LogP contribution in [0.4, 0.5) is 5.69 Å². The third kappa shape index (κ3) is 4.61. The van der Waals surface area contributed by atoms with Crippen LogP contribution in [0.1, 0.15) is 5.69 Å². The third-order valence-corrected chi connectivity index (χ3v) is 4.46. The molecule has 2 aromatic carbocycles. The Kier molecular flexibility index (Phi) is 5.86. The zero-order valence-corrected chi connectivity index (χ0v) is 15.4. The molecule has 0 saturated carbocycles. The fourth-order valence-corrected chi connectivity index (χ4v) is 3.13. The van der Waals surface area contributed by atoms with Crippen LogP contribution in [0.5, 0.6) is 5.75 Å². The first-order chi connectivity index (χ1) is 12.7. The highest BCUT2D eigenvalue weighted by Crippen LogP contribution is 2.24. The van der Waals surface area contributed by atoms with Gasteiger partial charge in [-0.25, -0.2) is 9.97 Å². The Morgan fingerprint density at radius 3 is 2.58 bits per heavy atom. The van der Waals surface area contributed by atoms with Gasteiger partial charge in [-0.2, -0.15) is 0 Å². The number of ether oxygens (including phenoxy) is 1. The molecular formula is C20H19N3O2S. The molecule has 5 nitrogen and oxygen atoms in total. The number of amides is 1. The lowest BCUT2D eigenvalue weighted by Gasteiger charge is -2.10. The van der Waals surface area contributed by atoms with Crippen LogP contribution in [-0.2, 0) is 4.79 Å². The van der Waals surface area contributed by atoms with Crippen LogP contribution in [0.25, 0.3) is 11.3 Å². The van der Waals surface area contributed by atoms with E-state index >= 15 is 0 Å². The number of carbonyl (C=O) groups excluding carboxylic acids is 1. The van der Waals surface area contributed by atoms with Crippen LogP contribution in [0.15, 0.2) is 65.8 Å². The number of aromatic nitrogens is 2. The van der Waals surface area contributed by atoms with Crippen LogP contribution in [0.2, 0.25) is 0 Å². The number of nitrogens with one attached hydrogen (secondary N) is 1. The summed E-state index contributed by atoms with van der Waals surface area (Å²) in [6, 6.07) is 19.2. The molecule has 1 amide bonds. The quantitative estimate of drug-likeness (QED) is 0.524. The van der Waals surface area contributed by atoms with Gasteiger partial charge in [-0.05, 0) is 25.1 Å². The number of thioether (sulfide) groups is 1. The number of para-hydroxylation sites is 2. The Labute approximate surface area is 156 Å². The fraction of sp³-hybridized carbons (Fsp3) is 0.150. The van der Waals surface area contributed by atoms with E-state index in [-0.39, 0.29) is 11.7 Å². The summed E-state index contributed by atoms with van der Waals surface area (Å²) in [5.41, 5.74) is 3.39. The molecule has 0 fully saturated rings. The van der Waals surface area contributed by atoms with Crippen molar-refractivity contribution in [3.63, 3.8) is 0 Å². The van der Waals surface area contributed by atoms with Gasteiger partial charge in [-0.1, -0.05) is 54.2 Å². The zero-order chi connectivity index (χ0) is 18.4. The summed E-state index contributed by atoms with van der Waals surface area (Å²) < 4.78 is 5.24. The maximum atomic E-state index is 12.3. The average Bonchev–Trinajstić information content (AvgIpc) is 2.67. The molecule has 0 saturated heterocycles. The normalized spacial score (nSPS) is 10.4. The number of hydrogen-bond acceptors (Lipinski definition) is 5. The minimum Gasteiger partial charge on any atom is -0.495 e. The van der Waals surface area contributed by atoms with Crippen LogP contribution in [0, 0.1) is 6.92 Å². The first-order valence-electron chi connectivity index (χ1n) is 8.12. The van der Waals surface area contributed by atoms with E-state index in [1.165, 1.54) is 11.8 Å². The Hall–Kier alpha value is -2.86. The van der Waals surface area contributed by atoms with Gasteiger partial charge in [0.25, 0.3) is 0 Å². The molecule has 0 spiro atoms. The van der Waals surface area contributed by atoms with Crippen LogP contribution in [-0.4, -0.2) is 28.7 Å². The minimum atomic E-state index is -0.133. The van der Waals surface area contributed by atoms with Crippen molar-refractivity contribution >= 4 is 23.4 Å². The van der Waals surface area contributed by atoms with Gasteiger partial charge in [0.15, 0.2) is 5.16 Å². The van der Waals surface area contributed by atoms with Crippen molar-refractivity contribution < 1.29 is 9.53 Å². The smallest absolute Gasteiger partial charge is 0.234 e. The Balaban J connectivity index is 1.68. The molecular weight excluding hydrogens is 346 g/mol. The van der Waals surface area contributed by atoms with Gasteiger partial charge in [-0.15, -0.1) is 0 Å². The zero-order valence-electron chi connectivity index (χ0n) is 14.6. The summed E-state index contributed by atoms with van der Waals surface area (Å²) >= 11 is 1.31. The average molecular weight is 365 g/mol. The van der Waals surface area contributed by atoms with Crippen molar-refractivity contribution in [1.29, 1.82) is 0 Å². The predicted molar refractivity (Wildman–Crippen MR) is 105 cm³/mol. The highest BCUT2D eigenvalue weighted by atomic mass is 32.2. The Morgan fingerprint density at radius 1 is 1.08 bits per heavy atom. The SMILES string of the molecule is COc1ccccc1NC(=O)CSc1nc(C)cc(-c2ccccc2)n1. The molecule has 0 aliphatic carbocycles. The molecule has 3 aromatic rings. The summed E-state index contributed by atoms with van der Waals surface area (Å²) in [7, 11) is 1.57. The molecule has 1 N–H and O–H groups in total. The Morgan fingerprint density at radius 2 is 1.81 bits per heavy atom. The van der Waals surface area contributed by atoms with Gasteiger partial charge < -0.3 is 10.1 Å². The van der Waals surface area contributed by atoms with Crippen molar-refractivity contribution in [3.8, 4) is 17.0 Å². The van der Waals surface area contributed by atoms with E-state index in [1.54, 1.807) is 19.2 Å². The number of nitrogens with zero attached hydrogens (tertiary/aromatic N) is 2. The molecule has 0 aliphatic rings. The van der Waals surface area contributed by atoms with E-state index < -0.39 is 0 Å². The highest BCUT2D eigenvalue weighted by Gasteiger charge is 2.10. The molecule has 1 aromatic heterocycles. The van der Waals surface area contributed by atoms with Crippen molar-refractivity contribution in [2.75, 3.05) is 18.2 Å². The maximum Gasteiger partial charge on any atom is 0.234 e. The predicted octanol–water partition coefficient (Wildman–Crippen LogP) is 4.19. The van der Waals surface area contributed by atoms with Gasteiger partial charge in [-0.3, -0.25) is 4.79 Å². The standard InChI is InChI=1S/C20H19N3O2S/c1-14-12-17(15-8-4-3-5-9-15)23-20(21-14)26-13-19(24)22-16-10-6-7-11-18(16)25-2/h3-12H,13H2,1-2H3,(H,22,24). The molecule has 1 heterocycles. The van der Waals surface area contributed by atoms with Gasteiger partial charge in [0.05, 0.1) is 24.2 Å². The molecule has 0 unspecified atom stereocenters. The lowest BCUT2D eigenvalue weighted by Crippen LogP contribution is -2.15. The van der Waals surface area contributed by atoms with E-state index in [0.717, 1.165) is 17.0 Å². The lowest BCUT2D eigenvalue weighted by molar-refractivity contribution is -0.113. The van der Waals surface area contributed by atoms with Crippen LogP contribution in [0.3, 0.4) is 0 Å². The summed E-state index contributed by atoms with van der Waals surface area (Å²) in [4.78, 5) is 21.2. The molecule has 6 heteroatoms. The second-order valence-corrected chi connectivity index (χ2v) is 6.52. The summed E-state index contributed by atoms with van der Waals surface area (Å²) in [6.07, 6.45) is 0. The summed E-state index contributed by atoms with van der Waals surface area (Å²) in [5.74, 6) is 0.713. The first kappa shape index (κ1) is 17.9. The van der Waals surface area contributed by atoms with E-state index in [2.05, 4.69) is 15.3 Å². The van der Waals surface area contributed by atoms with Crippen LogP contribution >= 0.6 is 11.8 Å². The van der Waals surface area contributed by atoms with E-state index in [4.69, 9.17) is 4.74 Å². The summed E-state index contributed by atoms with van der Waals surface area (Å²) in [5, 5.41) is 3.43. The number of rotatable bonds is 6. The fourth-order valence-electron chi connectivity index (χ4n) is 2.43. The van der Waals surface area contributed by atoms with E-state index in [0.29, 0.717) is 16.6 Å². The molecule has 26 heavy (non-hydrogen) atoms. The number of methoxy groups -OCH3 is 1. The number of hydrogen-bond donors (Lipinski definition) is 1. The summed E-state index contributed by atoms with van der Waals surface area (Å²) in [6.45, 7) is 1.92. The molecule has 0 bridgehead atoms. The molecule has 132 valence electrons. The second kappa shape index (κ2) is 8.49. The molecule has 0 aliphatic heterocycles. The second-order valence-electron chi connectivity index (χ2n) is 5.58. The van der Waals surface area contributed by atoms with Gasteiger partial charge in [0.1, 0.15) is 5.75 Å².